The maximum absolute atomic E-state index is 3.85. The molecule has 0 spiro atoms. The average Bonchev–Trinajstić information content (AvgIpc) is 2.27. The zero-order valence-electron chi connectivity index (χ0n) is 8.06. The molecule has 1 rings (SSSR count). The Kier molecular flexibility index (Phi) is 5.97. The van der Waals surface area contributed by atoms with Crippen molar-refractivity contribution in [3.8, 4) is 0 Å². The van der Waals surface area contributed by atoms with Gasteiger partial charge >= 0.3 is 0 Å². The number of hydrogen-bond donors (Lipinski definition) is 1. The van der Waals surface area contributed by atoms with Gasteiger partial charge in [-0.05, 0) is 12.2 Å². The highest BCUT2D eigenvalue weighted by atomic mass is 15.3. The van der Waals surface area contributed by atoms with E-state index in [0.29, 0.717) is 0 Å². The molecule has 0 amide bonds. The van der Waals surface area contributed by atoms with E-state index in [4.69, 9.17) is 0 Å². The predicted octanol–water partition coefficient (Wildman–Crippen LogP) is 1.29. The van der Waals surface area contributed by atoms with Crippen molar-refractivity contribution in [3.63, 3.8) is 0 Å². The second-order valence-corrected chi connectivity index (χ2v) is 2.33. The summed E-state index contributed by atoms with van der Waals surface area (Å²) in [5.74, 6) is 0. The molecule has 0 unspecified atom stereocenters. The average molecular weight is 201 g/mol. The maximum atomic E-state index is 3.85. The van der Waals surface area contributed by atoms with Crippen molar-refractivity contribution < 1.29 is 0 Å². The smallest absolute Gasteiger partial charge is 0.137 e. The molecule has 0 aromatic rings. The first-order valence-corrected chi connectivity index (χ1v) is 4.34. The number of aliphatic imine (C=N–C) groups is 1. The van der Waals surface area contributed by atoms with Crippen LogP contribution in [0.15, 0.2) is 56.9 Å². The van der Waals surface area contributed by atoms with Gasteiger partial charge in [-0.2, -0.15) is 10.2 Å². The molecule has 5 nitrogen and oxygen atoms in total. The molecule has 0 bridgehead atoms. The lowest BCUT2D eigenvalue weighted by Crippen LogP contribution is -1.93. The third kappa shape index (κ3) is 6.83. The first kappa shape index (κ1) is 10.8. The van der Waals surface area contributed by atoms with Gasteiger partial charge in [-0.1, -0.05) is 18.2 Å². The van der Waals surface area contributed by atoms with Crippen LogP contribution < -0.4 is 5.43 Å². The molecule has 5 heteroatoms. The van der Waals surface area contributed by atoms with E-state index in [2.05, 4.69) is 25.7 Å². The second-order valence-electron chi connectivity index (χ2n) is 2.33. The quantitative estimate of drug-likeness (QED) is 0.630. The number of hydrogen-bond acceptors (Lipinski definition) is 5. The van der Waals surface area contributed by atoms with E-state index < -0.39 is 0 Å². The molecule has 0 aromatic heterocycles. The zero-order chi connectivity index (χ0) is 10.6. The van der Waals surface area contributed by atoms with Gasteiger partial charge in [-0.15, -0.1) is 5.10 Å². The lowest BCUT2D eigenvalue weighted by Gasteiger charge is -1.83. The summed E-state index contributed by atoms with van der Waals surface area (Å²) in [6.07, 6.45) is 16.8. The van der Waals surface area contributed by atoms with Crippen molar-refractivity contribution in [2.45, 2.75) is 0 Å². The van der Waals surface area contributed by atoms with Crippen molar-refractivity contribution in [1.82, 2.24) is 5.43 Å². The largest absolute Gasteiger partial charge is 0.286 e. The molecule has 76 valence electrons. The molecule has 0 saturated heterocycles. The summed E-state index contributed by atoms with van der Waals surface area (Å²) in [7, 11) is 0. The van der Waals surface area contributed by atoms with E-state index in [9.17, 15) is 0 Å². The van der Waals surface area contributed by atoms with Crippen LogP contribution in [0.25, 0.3) is 0 Å². The molecule has 1 aliphatic rings. The van der Waals surface area contributed by atoms with Crippen molar-refractivity contribution in [3.05, 3.63) is 36.6 Å². The normalized spacial score (nSPS) is 16.0. The van der Waals surface area contributed by atoms with Crippen molar-refractivity contribution in [1.29, 1.82) is 0 Å². The van der Waals surface area contributed by atoms with Gasteiger partial charge < -0.3 is 0 Å². The van der Waals surface area contributed by atoms with Crippen LogP contribution >= 0.6 is 0 Å². The fourth-order valence-electron chi connectivity index (χ4n) is 0.676. The highest BCUT2D eigenvalue weighted by Gasteiger charge is 1.68. The summed E-state index contributed by atoms with van der Waals surface area (Å²) in [6.45, 7) is 0. The van der Waals surface area contributed by atoms with Crippen LogP contribution in [-0.4, -0.2) is 25.0 Å². The Hall–Kier alpha value is -2.30. The molecular formula is C10H11N5. The number of rotatable bonds is 0. The molecule has 0 aromatic carbocycles. The second kappa shape index (κ2) is 8.31. The summed E-state index contributed by atoms with van der Waals surface area (Å²) in [6, 6.07) is 0. The summed E-state index contributed by atoms with van der Waals surface area (Å²) in [5.41, 5.74) is 2.69. The minimum absolute atomic E-state index is 1.35. The number of nitrogens with one attached hydrogen (secondary N) is 1. The Labute approximate surface area is 88.0 Å². The Morgan fingerprint density at radius 1 is 0.733 bits per heavy atom. The number of allylic oxidation sites excluding steroid dienone is 5. The van der Waals surface area contributed by atoms with E-state index in [1.165, 1.54) is 18.8 Å². The monoisotopic (exact) mass is 201 g/mol. The van der Waals surface area contributed by atoms with Gasteiger partial charge in [0.1, 0.15) is 6.34 Å². The van der Waals surface area contributed by atoms with Gasteiger partial charge in [0.2, 0.25) is 0 Å². The van der Waals surface area contributed by atoms with Crippen LogP contribution in [0.1, 0.15) is 0 Å². The Morgan fingerprint density at radius 2 is 1.60 bits per heavy atom. The summed E-state index contributed by atoms with van der Waals surface area (Å²) < 4.78 is 0. The molecule has 1 N–H and O–H groups in total. The molecular weight excluding hydrogens is 190 g/mol. The van der Waals surface area contributed by atoms with Gasteiger partial charge in [0.25, 0.3) is 0 Å². The van der Waals surface area contributed by atoms with Crippen LogP contribution in [0.2, 0.25) is 0 Å². The van der Waals surface area contributed by atoms with E-state index in [-0.39, 0.29) is 0 Å². The fourth-order valence-corrected chi connectivity index (χ4v) is 0.676. The molecule has 15 heavy (non-hydrogen) atoms. The van der Waals surface area contributed by atoms with Crippen LogP contribution in [0, 0.1) is 0 Å². The lowest BCUT2D eigenvalue weighted by atomic mass is 10.4. The molecule has 1 aliphatic heterocycles. The molecule has 0 radical (unpaired) electrons. The van der Waals surface area contributed by atoms with E-state index >= 15 is 0 Å². The number of hydrazone groups is 1. The van der Waals surface area contributed by atoms with Gasteiger partial charge in [-0.3, -0.25) is 5.43 Å². The molecule has 0 aliphatic carbocycles. The predicted molar refractivity (Wildman–Crippen MR) is 64.5 cm³/mol. The maximum Gasteiger partial charge on any atom is 0.137 e. The van der Waals surface area contributed by atoms with Crippen LogP contribution in [0.4, 0.5) is 0 Å². The molecule has 0 saturated carbocycles. The van der Waals surface area contributed by atoms with E-state index in [1.807, 2.05) is 24.3 Å². The molecule has 0 atom stereocenters. The third-order valence-corrected chi connectivity index (χ3v) is 1.25. The van der Waals surface area contributed by atoms with Gasteiger partial charge in [0, 0.05) is 12.4 Å². The lowest BCUT2D eigenvalue weighted by molar-refractivity contribution is 0.978. The van der Waals surface area contributed by atoms with Crippen molar-refractivity contribution in [2.24, 2.45) is 20.3 Å². The highest BCUT2D eigenvalue weighted by Crippen LogP contribution is 1.78. The first-order chi connectivity index (χ1) is 7.50. The Balaban J connectivity index is 2.62. The van der Waals surface area contributed by atoms with Crippen molar-refractivity contribution in [2.75, 3.05) is 0 Å². The SMILES string of the molecule is C1=CC=CNN=CC=NN=CN=CC=C1. The van der Waals surface area contributed by atoms with Crippen LogP contribution in [0.5, 0.6) is 0 Å². The van der Waals surface area contributed by atoms with E-state index in [0.717, 1.165) is 0 Å². The zero-order valence-corrected chi connectivity index (χ0v) is 8.06. The first-order valence-electron chi connectivity index (χ1n) is 4.34. The molecule has 1 heterocycles. The Morgan fingerprint density at radius 3 is 2.60 bits per heavy atom. The van der Waals surface area contributed by atoms with Crippen molar-refractivity contribution >= 4 is 25.0 Å². The van der Waals surface area contributed by atoms with Gasteiger partial charge in [0.15, 0.2) is 0 Å². The summed E-state index contributed by atoms with van der Waals surface area (Å²) in [5, 5.41) is 11.1. The standard InChI is InChI=1S/C10H11N5/c1-2-4-6-11-10-15-14-9-8-13-12-7-5-3-1/h1-10,12H. The highest BCUT2D eigenvalue weighted by molar-refractivity contribution is 6.15. The fraction of sp³-hybridized carbons (Fsp3) is 0. The van der Waals surface area contributed by atoms with E-state index in [1.54, 1.807) is 18.5 Å². The summed E-state index contributed by atoms with van der Waals surface area (Å²) >= 11 is 0. The minimum atomic E-state index is 1.35. The summed E-state index contributed by atoms with van der Waals surface area (Å²) in [4.78, 5) is 3.85. The topological polar surface area (TPSA) is 61.5 Å². The third-order valence-electron chi connectivity index (χ3n) is 1.25. The Bertz CT molecular complexity index is 324. The van der Waals surface area contributed by atoms with Crippen LogP contribution in [-0.2, 0) is 0 Å². The molecule has 0 fully saturated rings. The van der Waals surface area contributed by atoms with Gasteiger partial charge in [-0.25, -0.2) is 4.99 Å². The minimum Gasteiger partial charge on any atom is -0.286 e. The van der Waals surface area contributed by atoms with Crippen LogP contribution in [0.3, 0.4) is 0 Å². The number of nitrogens with zero attached hydrogens (tertiary/aromatic N) is 4. The van der Waals surface area contributed by atoms with Gasteiger partial charge in [0.05, 0.1) is 12.4 Å².